The Hall–Kier alpha value is -2.42. The summed E-state index contributed by atoms with van der Waals surface area (Å²) in [6, 6.07) is 3.72. The van der Waals surface area contributed by atoms with Crippen molar-refractivity contribution in [1.29, 1.82) is 0 Å². The van der Waals surface area contributed by atoms with E-state index in [9.17, 15) is 22.4 Å². The van der Waals surface area contributed by atoms with Gasteiger partial charge in [0.15, 0.2) is 9.84 Å². The number of carbonyl (C=O) groups is 2. The highest BCUT2D eigenvalue weighted by molar-refractivity contribution is 7.91. The van der Waals surface area contributed by atoms with Crippen LogP contribution in [-0.4, -0.2) is 49.5 Å². The van der Waals surface area contributed by atoms with E-state index in [0.29, 0.717) is 0 Å². The number of rotatable bonds is 4. The molecule has 9 heteroatoms. The van der Waals surface area contributed by atoms with Gasteiger partial charge in [0.1, 0.15) is 5.82 Å². The van der Waals surface area contributed by atoms with Gasteiger partial charge in [-0.25, -0.2) is 22.4 Å². The number of esters is 1. The minimum atomic E-state index is -3.23. The third-order valence-electron chi connectivity index (χ3n) is 4.81. The molecule has 0 aliphatic carbocycles. The molecule has 1 aromatic carbocycles. The lowest BCUT2D eigenvalue weighted by atomic mass is 9.94. The minimum Gasteiger partial charge on any atom is -0.463 e. The van der Waals surface area contributed by atoms with Gasteiger partial charge in [0.25, 0.3) is 0 Å². The van der Waals surface area contributed by atoms with Crippen LogP contribution >= 0.6 is 0 Å². The van der Waals surface area contributed by atoms with Crippen molar-refractivity contribution in [3.63, 3.8) is 0 Å². The molecule has 3 rings (SSSR count). The Morgan fingerprint density at radius 2 is 2.07 bits per heavy atom. The average Bonchev–Trinajstić information content (AvgIpc) is 2.94. The number of sulfone groups is 1. The molecule has 2 aliphatic heterocycles. The fraction of sp³-hybridized carbons (Fsp3) is 0.444. The van der Waals surface area contributed by atoms with Crippen LogP contribution in [0.4, 0.5) is 9.18 Å². The Kier molecular flexibility index (Phi) is 5.23. The Balaban J connectivity index is 2.08. The zero-order chi connectivity index (χ0) is 19.8. The predicted octanol–water partition coefficient (Wildman–Crippen LogP) is 1.92. The van der Waals surface area contributed by atoms with Gasteiger partial charge in [-0.15, -0.1) is 0 Å². The number of hydrogen-bond donors (Lipinski definition) is 1. The minimum absolute atomic E-state index is 0.0137. The summed E-state index contributed by atoms with van der Waals surface area (Å²) >= 11 is 0. The van der Waals surface area contributed by atoms with Gasteiger partial charge in [0.2, 0.25) is 0 Å². The lowest BCUT2D eigenvalue weighted by molar-refractivity contribution is -0.139. The number of halogens is 1. The summed E-state index contributed by atoms with van der Waals surface area (Å²) in [5.41, 5.74) is 0.533. The number of amides is 2. The Bertz CT molecular complexity index is 912. The van der Waals surface area contributed by atoms with E-state index in [0.717, 1.165) is 0 Å². The normalized spacial score (nSPS) is 24.7. The maximum absolute atomic E-state index is 14.3. The monoisotopic (exact) mass is 396 g/mol. The molecular weight excluding hydrogens is 375 g/mol. The standard InChI is InChI=1S/C18H21FN2O5S/c1-3-26-17(22)15-11(2)21(12-8-9-27(24,25)10-12)18(23)20-16(15)13-6-4-5-7-14(13)19/h4-7,12,16H,3,8-10H2,1-2H3,(H,20,23)/t12-,16-/m1/s1. The third-order valence-corrected chi connectivity index (χ3v) is 6.56. The molecule has 1 N–H and O–H groups in total. The summed E-state index contributed by atoms with van der Waals surface area (Å²) in [6.45, 7) is 3.32. The summed E-state index contributed by atoms with van der Waals surface area (Å²) in [5.74, 6) is -1.42. The van der Waals surface area contributed by atoms with Crippen LogP contribution < -0.4 is 5.32 Å². The van der Waals surface area contributed by atoms with Crippen molar-refractivity contribution in [2.45, 2.75) is 32.4 Å². The van der Waals surface area contributed by atoms with Crippen molar-refractivity contribution < 1.29 is 27.1 Å². The number of hydrogen-bond acceptors (Lipinski definition) is 5. The first-order valence-electron chi connectivity index (χ1n) is 8.67. The van der Waals surface area contributed by atoms with Gasteiger partial charge in [-0.1, -0.05) is 18.2 Å². The summed E-state index contributed by atoms with van der Waals surface area (Å²) in [6.07, 6.45) is 0.285. The molecule has 2 aliphatic rings. The first-order chi connectivity index (χ1) is 12.7. The molecule has 146 valence electrons. The fourth-order valence-electron chi connectivity index (χ4n) is 3.59. The molecule has 0 radical (unpaired) electrons. The van der Waals surface area contributed by atoms with Crippen LogP contribution in [-0.2, 0) is 19.4 Å². The zero-order valence-corrected chi connectivity index (χ0v) is 15.9. The van der Waals surface area contributed by atoms with E-state index in [-0.39, 0.29) is 41.4 Å². The molecule has 0 spiro atoms. The maximum atomic E-state index is 14.3. The first-order valence-corrected chi connectivity index (χ1v) is 10.5. The van der Waals surface area contributed by atoms with E-state index in [4.69, 9.17) is 4.74 Å². The number of urea groups is 1. The van der Waals surface area contributed by atoms with E-state index < -0.39 is 39.7 Å². The molecule has 2 atom stereocenters. The van der Waals surface area contributed by atoms with Crippen LogP contribution in [0, 0.1) is 5.82 Å². The molecule has 27 heavy (non-hydrogen) atoms. The fourth-order valence-corrected chi connectivity index (χ4v) is 5.29. The lowest BCUT2D eigenvalue weighted by Crippen LogP contribution is -2.52. The van der Waals surface area contributed by atoms with Gasteiger partial charge in [-0.3, -0.25) is 4.90 Å². The molecule has 2 heterocycles. The first kappa shape index (κ1) is 19.3. The van der Waals surface area contributed by atoms with Crippen LogP contribution in [0.15, 0.2) is 35.5 Å². The molecule has 2 amide bonds. The van der Waals surface area contributed by atoms with Crippen LogP contribution in [0.2, 0.25) is 0 Å². The summed E-state index contributed by atoms with van der Waals surface area (Å²) in [5, 5.41) is 2.64. The molecular formula is C18H21FN2O5S. The largest absolute Gasteiger partial charge is 0.463 e. The molecule has 1 fully saturated rings. The highest BCUT2D eigenvalue weighted by atomic mass is 32.2. The zero-order valence-electron chi connectivity index (χ0n) is 15.1. The van der Waals surface area contributed by atoms with Crippen LogP contribution in [0.1, 0.15) is 31.9 Å². The highest BCUT2D eigenvalue weighted by Crippen LogP contribution is 2.35. The number of ether oxygens (including phenoxy) is 1. The van der Waals surface area contributed by atoms with Gasteiger partial charge in [0, 0.05) is 11.3 Å². The van der Waals surface area contributed by atoms with Crippen molar-refractivity contribution in [2.24, 2.45) is 0 Å². The molecule has 7 nitrogen and oxygen atoms in total. The molecule has 0 saturated carbocycles. The SMILES string of the molecule is CCOC(=O)C1=C(C)N([C@@H]2CCS(=O)(=O)C2)C(=O)N[C@@H]1c1ccccc1F. The van der Waals surface area contributed by atoms with Gasteiger partial charge in [-0.2, -0.15) is 0 Å². The van der Waals surface area contributed by atoms with E-state index in [1.54, 1.807) is 19.9 Å². The van der Waals surface area contributed by atoms with Gasteiger partial charge in [0.05, 0.1) is 35.8 Å². The summed E-state index contributed by atoms with van der Waals surface area (Å²) in [4.78, 5) is 26.6. The molecule has 0 aromatic heterocycles. The number of benzene rings is 1. The summed E-state index contributed by atoms with van der Waals surface area (Å²) < 4.78 is 43.1. The maximum Gasteiger partial charge on any atom is 0.338 e. The smallest absolute Gasteiger partial charge is 0.338 e. The molecule has 1 aromatic rings. The third kappa shape index (κ3) is 3.69. The van der Waals surface area contributed by atoms with E-state index in [2.05, 4.69) is 5.32 Å². The number of carbonyl (C=O) groups excluding carboxylic acids is 2. The average molecular weight is 396 g/mol. The van der Waals surface area contributed by atoms with E-state index >= 15 is 0 Å². The van der Waals surface area contributed by atoms with Crippen LogP contribution in [0.3, 0.4) is 0 Å². The van der Waals surface area contributed by atoms with Crippen molar-refractivity contribution in [3.8, 4) is 0 Å². The topological polar surface area (TPSA) is 92.8 Å². The quantitative estimate of drug-likeness (QED) is 0.785. The number of allylic oxidation sites excluding steroid dienone is 1. The second-order valence-corrected chi connectivity index (χ2v) is 8.78. The van der Waals surface area contributed by atoms with Crippen molar-refractivity contribution in [3.05, 3.63) is 46.9 Å². The second kappa shape index (κ2) is 7.30. The Morgan fingerprint density at radius 3 is 2.67 bits per heavy atom. The lowest BCUT2D eigenvalue weighted by Gasteiger charge is -2.38. The number of nitrogens with one attached hydrogen (secondary N) is 1. The molecule has 1 saturated heterocycles. The van der Waals surface area contributed by atoms with Crippen molar-refractivity contribution in [1.82, 2.24) is 10.2 Å². The van der Waals surface area contributed by atoms with Gasteiger partial charge >= 0.3 is 12.0 Å². The van der Waals surface area contributed by atoms with Crippen LogP contribution in [0.5, 0.6) is 0 Å². The van der Waals surface area contributed by atoms with Crippen molar-refractivity contribution in [2.75, 3.05) is 18.1 Å². The Morgan fingerprint density at radius 1 is 1.37 bits per heavy atom. The van der Waals surface area contributed by atoms with E-state index in [1.165, 1.54) is 23.1 Å². The van der Waals surface area contributed by atoms with E-state index in [1.807, 2.05) is 0 Å². The van der Waals surface area contributed by atoms with Gasteiger partial charge in [-0.05, 0) is 26.3 Å². The van der Waals surface area contributed by atoms with Crippen LogP contribution in [0.25, 0.3) is 0 Å². The number of nitrogens with zero attached hydrogens (tertiary/aromatic N) is 1. The van der Waals surface area contributed by atoms with Gasteiger partial charge < -0.3 is 10.1 Å². The molecule has 0 bridgehead atoms. The Labute approximate surface area is 157 Å². The summed E-state index contributed by atoms with van der Waals surface area (Å²) in [7, 11) is -3.23. The molecule has 0 unspecified atom stereocenters. The van der Waals surface area contributed by atoms with Crippen molar-refractivity contribution >= 4 is 21.8 Å². The highest BCUT2D eigenvalue weighted by Gasteiger charge is 2.43. The predicted molar refractivity (Wildman–Crippen MR) is 95.9 cm³/mol. The second-order valence-electron chi connectivity index (χ2n) is 6.55.